The third kappa shape index (κ3) is 3.52. The molecule has 2 aromatic carbocycles. The number of hydrogen-bond acceptors (Lipinski definition) is 1. The minimum Gasteiger partial charge on any atom is -0.313 e. The van der Waals surface area contributed by atoms with Crippen LogP contribution < -0.4 is 5.32 Å². The largest absolute Gasteiger partial charge is 0.313 e. The van der Waals surface area contributed by atoms with E-state index in [1.54, 1.807) is 24.3 Å². The molecule has 0 radical (unpaired) electrons. The Morgan fingerprint density at radius 2 is 1.79 bits per heavy atom. The van der Waals surface area contributed by atoms with E-state index in [-0.39, 0.29) is 16.9 Å². The Morgan fingerprint density at radius 3 is 2.37 bits per heavy atom. The van der Waals surface area contributed by atoms with E-state index in [1.165, 1.54) is 18.2 Å². The van der Waals surface area contributed by atoms with Crippen LogP contribution in [0.5, 0.6) is 0 Å². The topological polar surface area (TPSA) is 12.0 Å². The van der Waals surface area contributed by atoms with Gasteiger partial charge in [-0.3, -0.25) is 0 Å². The molecular formula is C15H14ClF2N. The molecule has 0 aliphatic heterocycles. The van der Waals surface area contributed by atoms with Crippen molar-refractivity contribution in [3.63, 3.8) is 0 Å². The average molecular weight is 282 g/mol. The fraction of sp³-hybridized carbons (Fsp3) is 0.200. The monoisotopic (exact) mass is 281 g/mol. The highest BCUT2D eigenvalue weighted by Gasteiger charge is 2.11. The van der Waals surface area contributed by atoms with Crippen molar-refractivity contribution in [2.45, 2.75) is 12.5 Å². The summed E-state index contributed by atoms with van der Waals surface area (Å²) < 4.78 is 26.0. The SMILES string of the molecule is CNC(Cc1ccc(F)c(Cl)c1)c1ccc(F)cc1. The van der Waals surface area contributed by atoms with Crippen LogP contribution in [0.1, 0.15) is 17.2 Å². The molecule has 19 heavy (non-hydrogen) atoms. The lowest BCUT2D eigenvalue weighted by molar-refractivity contribution is 0.583. The molecule has 0 saturated carbocycles. The maximum absolute atomic E-state index is 13.1. The standard InChI is InChI=1S/C15H14ClF2N/c1-19-15(11-3-5-12(17)6-4-11)9-10-2-7-14(18)13(16)8-10/h2-8,15,19H,9H2,1H3. The number of rotatable bonds is 4. The van der Waals surface area contributed by atoms with Crippen molar-refractivity contribution in [2.24, 2.45) is 0 Å². The van der Waals surface area contributed by atoms with Gasteiger partial charge in [-0.25, -0.2) is 8.78 Å². The summed E-state index contributed by atoms with van der Waals surface area (Å²) in [7, 11) is 1.83. The molecule has 1 nitrogen and oxygen atoms in total. The fourth-order valence-corrected chi connectivity index (χ4v) is 2.19. The molecular weight excluding hydrogens is 268 g/mol. The van der Waals surface area contributed by atoms with E-state index in [0.717, 1.165) is 11.1 Å². The molecule has 2 aromatic rings. The Balaban J connectivity index is 2.18. The van der Waals surface area contributed by atoms with Crippen LogP contribution in [0.4, 0.5) is 8.78 Å². The molecule has 0 aliphatic carbocycles. The molecule has 0 heterocycles. The minimum atomic E-state index is -0.423. The lowest BCUT2D eigenvalue weighted by Crippen LogP contribution is -2.18. The molecule has 0 aromatic heterocycles. The molecule has 0 saturated heterocycles. The second-order valence-corrected chi connectivity index (χ2v) is 4.75. The molecule has 0 fully saturated rings. The Bertz CT molecular complexity index is 555. The van der Waals surface area contributed by atoms with Crippen LogP contribution in [0.3, 0.4) is 0 Å². The van der Waals surface area contributed by atoms with E-state index in [0.29, 0.717) is 6.42 Å². The number of benzene rings is 2. The lowest BCUT2D eigenvalue weighted by Gasteiger charge is -2.17. The van der Waals surface area contributed by atoms with Gasteiger partial charge in [0, 0.05) is 6.04 Å². The smallest absolute Gasteiger partial charge is 0.141 e. The van der Waals surface area contributed by atoms with Crippen LogP contribution in [0.15, 0.2) is 42.5 Å². The van der Waals surface area contributed by atoms with E-state index < -0.39 is 5.82 Å². The second-order valence-electron chi connectivity index (χ2n) is 4.35. The first kappa shape index (κ1) is 14.0. The summed E-state index contributed by atoms with van der Waals surface area (Å²) in [6.07, 6.45) is 0.655. The predicted octanol–water partition coefficient (Wildman–Crippen LogP) is 4.12. The third-order valence-electron chi connectivity index (χ3n) is 3.04. The zero-order chi connectivity index (χ0) is 13.8. The Morgan fingerprint density at radius 1 is 1.11 bits per heavy atom. The lowest BCUT2D eigenvalue weighted by atomic mass is 9.99. The first-order chi connectivity index (χ1) is 9.10. The van der Waals surface area contributed by atoms with Gasteiger partial charge in [0.2, 0.25) is 0 Å². The van der Waals surface area contributed by atoms with Gasteiger partial charge in [0.1, 0.15) is 11.6 Å². The number of hydrogen-bond donors (Lipinski definition) is 1. The number of likely N-dealkylation sites (N-methyl/N-ethyl adjacent to an activating group) is 1. The summed E-state index contributed by atoms with van der Waals surface area (Å²) >= 11 is 5.76. The average Bonchev–Trinajstić information content (AvgIpc) is 2.41. The van der Waals surface area contributed by atoms with Crippen LogP contribution in [-0.4, -0.2) is 7.05 Å². The Hall–Kier alpha value is -1.45. The zero-order valence-corrected chi connectivity index (χ0v) is 11.2. The molecule has 1 unspecified atom stereocenters. The van der Waals surface area contributed by atoms with Gasteiger partial charge in [0.15, 0.2) is 0 Å². The summed E-state index contributed by atoms with van der Waals surface area (Å²) in [6, 6.07) is 11.0. The maximum atomic E-state index is 13.1. The minimum absolute atomic E-state index is 0.0297. The fourth-order valence-electron chi connectivity index (χ4n) is 1.98. The Kier molecular flexibility index (Phi) is 4.51. The van der Waals surface area contributed by atoms with Crippen molar-refractivity contribution in [3.05, 3.63) is 70.2 Å². The highest BCUT2D eigenvalue weighted by molar-refractivity contribution is 6.30. The summed E-state index contributed by atoms with van der Waals surface area (Å²) in [5.74, 6) is -0.684. The van der Waals surface area contributed by atoms with Crippen LogP contribution >= 0.6 is 11.6 Å². The van der Waals surface area contributed by atoms with E-state index in [9.17, 15) is 8.78 Å². The maximum Gasteiger partial charge on any atom is 0.141 e. The molecule has 4 heteroatoms. The summed E-state index contributed by atoms with van der Waals surface area (Å²) in [5.41, 5.74) is 1.90. The molecule has 1 N–H and O–H groups in total. The molecule has 0 amide bonds. The van der Waals surface area contributed by atoms with Crippen molar-refractivity contribution in [3.8, 4) is 0 Å². The van der Waals surface area contributed by atoms with E-state index >= 15 is 0 Å². The Labute approximate surface area is 116 Å². The molecule has 2 rings (SSSR count). The van der Waals surface area contributed by atoms with Gasteiger partial charge in [-0.2, -0.15) is 0 Å². The zero-order valence-electron chi connectivity index (χ0n) is 10.5. The van der Waals surface area contributed by atoms with Crippen molar-refractivity contribution in [2.75, 3.05) is 7.05 Å². The number of halogens is 3. The van der Waals surface area contributed by atoms with Crippen molar-refractivity contribution >= 4 is 11.6 Å². The summed E-state index contributed by atoms with van der Waals surface area (Å²) in [5, 5.41) is 3.28. The van der Waals surface area contributed by atoms with Crippen LogP contribution in [-0.2, 0) is 6.42 Å². The molecule has 0 bridgehead atoms. The highest BCUT2D eigenvalue weighted by Crippen LogP contribution is 2.22. The van der Waals surface area contributed by atoms with Gasteiger partial charge in [0.25, 0.3) is 0 Å². The van der Waals surface area contributed by atoms with E-state index in [1.807, 2.05) is 7.05 Å². The van der Waals surface area contributed by atoms with Crippen molar-refractivity contribution in [1.82, 2.24) is 5.32 Å². The van der Waals surface area contributed by atoms with Gasteiger partial charge in [-0.1, -0.05) is 29.8 Å². The third-order valence-corrected chi connectivity index (χ3v) is 3.33. The summed E-state index contributed by atoms with van der Waals surface area (Å²) in [6.45, 7) is 0. The highest BCUT2D eigenvalue weighted by atomic mass is 35.5. The van der Waals surface area contributed by atoms with Crippen molar-refractivity contribution in [1.29, 1.82) is 0 Å². The van der Waals surface area contributed by atoms with Gasteiger partial charge < -0.3 is 5.32 Å². The number of nitrogens with one attached hydrogen (secondary N) is 1. The van der Waals surface area contributed by atoms with Gasteiger partial charge in [-0.15, -0.1) is 0 Å². The van der Waals surface area contributed by atoms with Crippen molar-refractivity contribution < 1.29 is 8.78 Å². The van der Waals surface area contributed by atoms with Crippen LogP contribution in [0.2, 0.25) is 5.02 Å². The van der Waals surface area contributed by atoms with Gasteiger partial charge in [0.05, 0.1) is 5.02 Å². The van der Waals surface area contributed by atoms with Gasteiger partial charge in [-0.05, 0) is 48.9 Å². The molecule has 1 atom stereocenters. The first-order valence-corrected chi connectivity index (χ1v) is 6.34. The van der Waals surface area contributed by atoms with E-state index in [4.69, 9.17) is 11.6 Å². The molecule has 0 spiro atoms. The first-order valence-electron chi connectivity index (χ1n) is 5.97. The molecule has 0 aliphatic rings. The quantitative estimate of drug-likeness (QED) is 0.889. The predicted molar refractivity (Wildman–Crippen MR) is 73.3 cm³/mol. The second kappa shape index (κ2) is 6.13. The van der Waals surface area contributed by atoms with Crippen LogP contribution in [0.25, 0.3) is 0 Å². The van der Waals surface area contributed by atoms with Gasteiger partial charge >= 0.3 is 0 Å². The summed E-state index contributed by atoms with van der Waals surface area (Å²) in [4.78, 5) is 0. The van der Waals surface area contributed by atoms with Crippen LogP contribution in [0, 0.1) is 11.6 Å². The molecule has 100 valence electrons. The van der Waals surface area contributed by atoms with E-state index in [2.05, 4.69) is 5.32 Å². The normalized spacial score (nSPS) is 12.4.